The van der Waals surface area contributed by atoms with E-state index in [2.05, 4.69) is 15.0 Å². The molecule has 4 rings (SSSR count). The predicted molar refractivity (Wildman–Crippen MR) is 109 cm³/mol. The molecular weight excluding hydrogens is 423 g/mol. The standard InChI is InChI=1S/C19H17Cl3N4O2/c1-11-17(18(27)14-3-2-13(20)9-15(14)21)26-19(23-11)12(8-16(22)24-26)10-25-4-6-28-7-5-25/h2-3,8-9H,4-7,10H2,1H3. The Hall–Kier alpha value is -1.70. The third kappa shape index (κ3) is 3.75. The number of aromatic nitrogens is 3. The maximum atomic E-state index is 13.2. The third-order valence-corrected chi connectivity index (χ3v) is 5.43. The van der Waals surface area contributed by atoms with Crippen LogP contribution in [0, 0.1) is 6.92 Å². The fourth-order valence-corrected chi connectivity index (χ4v) is 4.04. The second-order valence-corrected chi connectivity index (χ2v) is 7.85. The number of benzene rings is 1. The molecule has 1 saturated heterocycles. The lowest BCUT2D eigenvalue weighted by molar-refractivity contribution is 0.0343. The molecule has 0 radical (unpaired) electrons. The molecule has 146 valence electrons. The van der Waals surface area contributed by atoms with E-state index in [0.29, 0.717) is 52.5 Å². The summed E-state index contributed by atoms with van der Waals surface area (Å²) in [5.74, 6) is -0.279. The molecule has 0 spiro atoms. The Morgan fingerprint density at radius 1 is 1.18 bits per heavy atom. The number of ether oxygens (including phenoxy) is 1. The Kier molecular flexibility index (Phi) is 5.58. The van der Waals surface area contributed by atoms with Gasteiger partial charge in [0.15, 0.2) is 10.8 Å². The summed E-state index contributed by atoms with van der Waals surface area (Å²) in [6.45, 7) is 5.48. The molecule has 9 heteroatoms. The summed E-state index contributed by atoms with van der Waals surface area (Å²) < 4.78 is 6.92. The molecule has 3 aromatic rings. The second-order valence-electron chi connectivity index (χ2n) is 6.62. The van der Waals surface area contributed by atoms with Crippen LogP contribution in [0.2, 0.25) is 15.2 Å². The number of fused-ring (bicyclic) bond motifs is 1. The first-order valence-electron chi connectivity index (χ1n) is 8.78. The lowest BCUT2D eigenvalue weighted by Crippen LogP contribution is -2.35. The molecule has 0 amide bonds. The summed E-state index contributed by atoms with van der Waals surface area (Å²) in [6.07, 6.45) is 0. The van der Waals surface area contributed by atoms with E-state index in [1.807, 2.05) is 0 Å². The first-order valence-corrected chi connectivity index (χ1v) is 9.92. The number of aryl methyl sites for hydroxylation is 1. The van der Waals surface area contributed by atoms with Crippen molar-refractivity contribution < 1.29 is 9.53 Å². The van der Waals surface area contributed by atoms with E-state index in [0.717, 1.165) is 18.7 Å². The highest BCUT2D eigenvalue weighted by Crippen LogP contribution is 2.26. The van der Waals surface area contributed by atoms with Crippen LogP contribution in [0.4, 0.5) is 0 Å². The molecule has 1 aromatic carbocycles. The van der Waals surface area contributed by atoms with Gasteiger partial charge in [0.25, 0.3) is 0 Å². The second kappa shape index (κ2) is 7.97. The number of hydrogen-bond acceptors (Lipinski definition) is 5. The number of rotatable bonds is 4. The molecule has 0 unspecified atom stereocenters. The van der Waals surface area contributed by atoms with E-state index in [1.165, 1.54) is 4.52 Å². The summed E-state index contributed by atoms with van der Waals surface area (Å²) in [7, 11) is 0. The van der Waals surface area contributed by atoms with E-state index in [9.17, 15) is 4.79 Å². The first kappa shape index (κ1) is 19.6. The smallest absolute Gasteiger partial charge is 0.214 e. The SMILES string of the molecule is Cc1nc2c(CN3CCOCC3)cc(Cl)nn2c1C(=O)c1ccc(Cl)cc1Cl. The maximum absolute atomic E-state index is 13.2. The van der Waals surface area contributed by atoms with Gasteiger partial charge < -0.3 is 4.74 Å². The molecule has 1 aliphatic rings. The van der Waals surface area contributed by atoms with Crippen LogP contribution in [0.5, 0.6) is 0 Å². The maximum Gasteiger partial charge on any atom is 0.214 e. The molecule has 1 aliphatic heterocycles. The summed E-state index contributed by atoms with van der Waals surface area (Å²) >= 11 is 18.5. The highest BCUT2D eigenvalue weighted by atomic mass is 35.5. The fraction of sp³-hybridized carbons (Fsp3) is 0.316. The number of imidazole rings is 1. The van der Waals surface area contributed by atoms with Gasteiger partial charge in [-0.05, 0) is 31.2 Å². The van der Waals surface area contributed by atoms with Gasteiger partial charge in [-0.15, -0.1) is 0 Å². The van der Waals surface area contributed by atoms with E-state index >= 15 is 0 Å². The van der Waals surface area contributed by atoms with Crippen molar-refractivity contribution in [3.63, 3.8) is 0 Å². The van der Waals surface area contributed by atoms with E-state index < -0.39 is 0 Å². The number of carbonyl (C=O) groups is 1. The lowest BCUT2D eigenvalue weighted by atomic mass is 10.1. The molecule has 6 nitrogen and oxygen atoms in total. The minimum atomic E-state index is -0.279. The molecule has 0 saturated carbocycles. The fourth-order valence-electron chi connectivity index (χ4n) is 3.33. The molecule has 0 atom stereocenters. The van der Waals surface area contributed by atoms with Gasteiger partial charge in [-0.3, -0.25) is 9.69 Å². The highest BCUT2D eigenvalue weighted by molar-refractivity contribution is 6.37. The van der Waals surface area contributed by atoms with Crippen molar-refractivity contribution in [2.45, 2.75) is 13.5 Å². The van der Waals surface area contributed by atoms with Crippen molar-refractivity contribution in [3.05, 3.63) is 62.0 Å². The van der Waals surface area contributed by atoms with Gasteiger partial charge in [-0.2, -0.15) is 5.10 Å². The van der Waals surface area contributed by atoms with Gasteiger partial charge >= 0.3 is 0 Å². The molecular formula is C19H17Cl3N4O2. The monoisotopic (exact) mass is 438 g/mol. The van der Waals surface area contributed by atoms with E-state index in [4.69, 9.17) is 39.5 Å². The predicted octanol–water partition coefficient (Wildman–Crippen LogP) is 4.06. The average Bonchev–Trinajstić information content (AvgIpc) is 2.98. The first-order chi connectivity index (χ1) is 13.4. The Labute approximate surface area is 177 Å². The Bertz CT molecular complexity index is 1060. The van der Waals surface area contributed by atoms with Crippen LogP contribution < -0.4 is 0 Å². The van der Waals surface area contributed by atoms with E-state index in [-0.39, 0.29) is 10.8 Å². The molecule has 0 bridgehead atoms. The summed E-state index contributed by atoms with van der Waals surface area (Å²) in [5, 5.41) is 5.37. The Balaban J connectivity index is 1.79. The number of nitrogens with zero attached hydrogens (tertiary/aromatic N) is 4. The van der Waals surface area contributed by atoms with E-state index in [1.54, 1.807) is 31.2 Å². The van der Waals surface area contributed by atoms with Gasteiger partial charge in [0, 0.05) is 35.8 Å². The van der Waals surface area contributed by atoms with Gasteiger partial charge in [-0.25, -0.2) is 9.50 Å². The summed E-state index contributed by atoms with van der Waals surface area (Å²) in [5.41, 5.74) is 2.76. The summed E-state index contributed by atoms with van der Waals surface area (Å²) in [6, 6.07) is 6.57. The van der Waals surface area contributed by atoms with Crippen molar-refractivity contribution >= 4 is 46.2 Å². The van der Waals surface area contributed by atoms with Crippen LogP contribution in [-0.2, 0) is 11.3 Å². The number of carbonyl (C=O) groups excluding carboxylic acids is 1. The van der Waals surface area contributed by atoms with Crippen molar-refractivity contribution in [2.24, 2.45) is 0 Å². The normalized spacial score (nSPS) is 15.3. The van der Waals surface area contributed by atoms with Crippen LogP contribution in [0.3, 0.4) is 0 Å². The van der Waals surface area contributed by atoms with Crippen LogP contribution in [-0.4, -0.2) is 51.6 Å². The highest BCUT2D eigenvalue weighted by Gasteiger charge is 2.24. The van der Waals surface area contributed by atoms with Gasteiger partial charge in [0.05, 0.1) is 23.9 Å². The molecule has 0 aliphatic carbocycles. The third-order valence-electron chi connectivity index (χ3n) is 4.69. The zero-order chi connectivity index (χ0) is 19.8. The molecule has 0 N–H and O–H groups in total. The lowest BCUT2D eigenvalue weighted by Gasteiger charge is -2.26. The van der Waals surface area contributed by atoms with Crippen LogP contribution in [0.15, 0.2) is 24.3 Å². The quantitative estimate of drug-likeness (QED) is 0.574. The number of hydrogen-bond donors (Lipinski definition) is 0. The van der Waals surface area contributed by atoms with Gasteiger partial charge in [0.2, 0.25) is 5.78 Å². The number of ketones is 1. The van der Waals surface area contributed by atoms with Crippen molar-refractivity contribution in [3.8, 4) is 0 Å². The summed E-state index contributed by atoms with van der Waals surface area (Å²) in [4.78, 5) is 20.1. The minimum Gasteiger partial charge on any atom is -0.379 e. The molecule has 28 heavy (non-hydrogen) atoms. The van der Waals surface area contributed by atoms with Crippen LogP contribution in [0.1, 0.15) is 27.3 Å². The van der Waals surface area contributed by atoms with Gasteiger partial charge in [-0.1, -0.05) is 34.8 Å². The van der Waals surface area contributed by atoms with Crippen molar-refractivity contribution in [2.75, 3.05) is 26.3 Å². The number of morpholine rings is 1. The van der Waals surface area contributed by atoms with Crippen LogP contribution >= 0.6 is 34.8 Å². The molecule has 2 aromatic heterocycles. The Morgan fingerprint density at radius 2 is 1.93 bits per heavy atom. The minimum absolute atomic E-state index is 0.279. The van der Waals surface area contributed by atoms with Crippen molar-refractivity contribution in [1.82, 2.24) is 19.5 Å². The van der Waals surface area contributed by atoms with Crippen molar-refractivity contribution in [1.29, 1.82) is 0 Å². The van der Waals surface area contributed by atoms with Crippen LogP contribution in [0.25, 0.3) is 5.65 Å². The topological polar surface area (TPSA) is 59.7 Å². The Morgan fingerprint density at radius 3 is 2.64 bits per heavy atom. The molecule has 3 heterocycles. The van der Waals surface area contributed by atoms with Gasteiger partial charge in [0.1, 0.15) is 5.69 Å². The average molecular weight is 440 g/mol. The zero-order valence-corrected chi connectivity index (χ0v) is 17.4. The largest absolute Gasteiger partial charge is 0.379 e. The molecule has 1 fully saturated rings. The zero-order valence-electron chi connectivity index (χ0n) is 15.1. The number of halogens is 3.